The molecule has 0 bridgehead atoms. The summed E-state index contributed by atoms with van der Waals surface area (Å²) >= 11 is 19.0. The van der Waals surface area contributed by atoms with Gasteiger partial charge in [0.15, 0.2) is 0 Å². The normalized spacial score (nSPS) is 13.4. The van der Waals surface area contributed by atoms with E-state index < -0.39 is 21.1 Å². The molecule has 1 unspecified atom stereocenters. The first-order valence-electron chi connectivity index (χ1n) is 5.94. The van der Waals surface area contributed by atoms with E-state index in [1.165, 1.54) is 0 Å². The van der Waals surface area contributed by atoms with Crippen LogP contribution >= 0.6 is 47.2 Å². The van der Waals surface area contributed by atoms with Crippen molar-refractivity contribution in [1.82, 2.24) is 0 Å². The van der Waals surface area contributed by atoms with Crippen molar-refractivity contribution in [2.75, 3.05) is 0 Å². The molecular weight excluding hydrogens is 342 g/mol. The molecule has 114 valence electrons. The molecule has 0 saturated carbocycles. The van der Waals surface area contributed by atoms with E-state index in [9.17, 15) is 4.79 Å². The number of hydrogen-bond acceptors (Lipinski definition) is 1. The summed E-state index contributed by atoms with van der Waals surface area (Å²) in [6.45, 7) is 3.60. The molecule has 6 heteroatoms. The first-order chi connectivity index (χ1) is 8.65. The second kappa shape index (κ2) is 7.74. The van der Waals surface area contributed by atoms with Crippen LogP contribution < -0.4 is 0 Å². The molecule has 0 amide bonds. The van der Waals surface area contributed by atoms with Crippen LogP contribution in [0.4, 0.5) is 0 Å². The van der Waals surface area contributed by atoms with Crippen LogP contribution in [0.3, 0.4) is 0 Å². The molecule has 1 aromatic rings. The van der Waals surface area contributed by atoms with E-state index in [0.717, 1.165) is 5.56 Å². The monoisotopic (exact) mass is 358 g/mol. The van der Waals surface area contributed by atoms with Crippen molar-refractivity contribution < 1.29 is 9.90 Å². The van der Waals surface area contributed by atoms with Crippen LogP contribution in [-0.4, -0.2) is 16.5 Å². The summed E-state index contributed by atoms with van der Waals surface area (Å²) in [5.41, 5.74) is 0.173. The summed E-state index contributed by atoms with van der Waals surface area (Å²) in [5.74, 6) is -0.884. The lowest BCUT2D eigenvalue weighted by Crippen LogP contribution is -2.31. The third kappa shape index (κ3) is 5.69. The Bertz CT molecular complexity index is 432. The molecule has 0 aliphatic heterocycles. The standard InChI is InChI=1S/C14H17Cl3O2.ClH/c1-13(2,9-12(18)19)11(15)8-14(16,17)10-6-4-3-5-7-10;/h3-7,11H,8-9H2,1-2H3,(H,18,19);1H. The fourth-order valence-electron chi connectivity index (χ4n) is 1.80. The Morgan fingerprint density at radius 3 is 2.20 bits per heavy atom. The molecule has 0 aromatic heterocycles. The average Bonchev–Trinajstić information content (AvgIpc) is 2.28. The maximum Gasteiger partial charge on any atom is 0.303 e. The van der Waals surface area contributed by atoms with Crippen molar-refractivity contribution in [3.05, 3.63) is 35.9 Å². The summed E-state index contributed by atoms with van der Waals surface area (Å²) < 4.78 is -1.12. The maximum absolute atomic E-state index is 10.8. The summed E-state index contributed by atoms with van der Waals surface area (Å²) in [6.07, 6.45) is 0.252. The SMILES string of the molecule is CC(C)(CC(=O)O)C(Cl)CC(Cl)(Cl)c1ccccc1.Cl. The fourth-order valence-corrected chi connectivity index (χ4v) is 2.83. The number of alkyl halides is 3. The number of carbonyl (C=O) groups is 1. The van der Waals surface area contributed by atoms with E-state index in [1.807, 2.05) is 30.3 Å². The number of carboxylic acids is 1. The first-order valence-corrected chi connectivity index (χ1v) is 7.13. The van der Waals surface area contributed by atoms with E-state index in [0.29, 0.717) is 0 Å². The predicted molar refractivity (Wildman–Crippen MR) is 87.4 cm³/mol. The summed E-state index contributed by atoms with van der Waals surface area (Å²) in [4.78, 5) is 10.8. The van der Waals surface area contributed by atoms with Gasteiger partial charge in [0, 0.05) is 11.8 Å². The van der Waals surface area contributed by atoms with E-state index in [1.54, 1.807) is 13.8 Å². The van der Waals surface area contributed by atoms with Gasteiger partial charge in [0.1, 0.15) is 4.33 Å². The van der Waals surface area contributed by atoms with E-state index in [4.69, 9.17) is 39.9 Å². The van der Waals surface area contributed by atoms with Crippen molar-refractivity contribution >= 4 is 53.2 Å². The van der Waals surface area contributed by atoms with Gasteiger partial charge in [0.2, 0.25) is 0 Å². The van der Waals surface area contributed by atoms with Crippen LogP contribution in [0.15, 0.2) is 30.3 Å². The van der Waals surface area contributed by atoms with Gasteiger partial charge in [-0.1, -0.05) is 67.4 Å². The summed E-state index contributed by atoms with van der Waals surface area (Å²) in [7, 11) is 0. The molecule has 0 fully saturated rings. The number of carboxylic acid groups (broad SMARTS) is 1. The highest BCUT2D eigenvalue weighted by Crippen LogP contribution is 2.44. The lowest BCUT2D eigenvalue weighted by Gasteiger charge is -2.32. The molecule has 0 aliphatic rings. The van der Waals surface area contributed by atoms with Gasteiger partial charge in [-0.15, -0.1) is 24.0 Å². The average molecular weight is 360 g/mol. The third-order valence-electron chi connectivity index (χ3n) is 3.09. The first kappa shape index (κ1) is 19.9. The zero-order chi connectivity index (χ0) is 14.7. The van der Waals surface area contributed by atoms with Crippen molar-refractivity contribution in [3.8, 4) is 0 Å². The number of rotatable bonds is 6. The van der Waals surface area contributed by atoms with Crippen LogP contribution in [0.2, 0.25) is 0 Å². The van der Waals surface area contributed by atoms with Crippen molar-refractivity contribution in [1.29, 1.82) is 0 Å². The van der Waals surface area contributed by atoms with Gasteiger partial charge in [-0.05, 0) is 11.0 Å². The van der Waals surface area contributed by atoms with Gasteiger partial charge in [-0.25, -0.2) is 0 Å². The maximum atomic E-state index is 10.8. The molecule has 0 heterocycles. The zero-order valence-corrected chi connectivity index (χ0v) is 14.4. The Labute approximate surface area is 140 Å². The minimum absolute atomic E-state index is 0. The smallest absolute Gasteiger partial charge is 0.303 e. The molecular formula is C14H18Cl4O2. The highest BCUT2D eigenvalue weighted by Gasteiger charge is 2.37. The van der Waals surface area contributed by atoms with Gasteiger partial charge in [-0.2, -0.15) is 0 Å². The minimum Gasteiger partial charge on any atom is -0.481 e. The second-order valence-electron chi connectivity index (χ2n) is 5.30. The second-order valence-corrected chi connectivity index (χ2v) is 7.31. The molecule has 1 aromatic carbocycles. The van der Waals surface area contributed by atoms with Crippen LogP contribution in [0.25, 0.3) is 0 Å². The van der Waals surface area contributed by atoms with Crippen LogP contribution in [-0.2, 0) is 9.13 Å². The molecule has 1 atom stereocenters. The Morgan fingerprint density at radius 1 is 1.25 bits per heavy atom. The van der Waals surface area contributed by atoms with Crippen LogP contribution in [0, 0.1) is 5.41 Å². The van der Waals surface area contributed by atoms with Gasteiger partial charge in [0.05, 0.1) is 6.42 Å². The minimum atomic E-state index is -1.12. The molecule has 2 nitrogen and oxygen atoms in total. The molecule has 0 spiro atoms. The van der Waals surface area contributed by atoms with Gasteiger partial charge in [-0.3, -0.25) is 4.79 Å². The predicted octanol–water partition coefficient (Wildman–Crippen LogP) is 5.24. The highest BCUT2D eigenvalue weighted by atomic mass is 35.5. The quantitative estimate of drug-likeness (QED) is 0.705. The number of benzene rings is 1. The Kier molecular flexibility index (Phi) is 7.69. The van der Waals surface area contributed by atoms with Gasteiger partial charge in [0.25, 0.3) is 0 Å². The van der Waals surface area contributed by atoms with E-state index >= 15 is 0 Å². The molecule has 0 aliphatic carbocycles. The Hall–Kier alpha value is -0.150. The summed E-state index contributed by atoms with van der Waals surface area (Å²) in [5, 5.41) is 8.44. The van der Waals surface area contributed by atoms with Crippen molar-refractivity contribution in [3.63, 3.8) is 0 Å². The van der Waals surface area contributed by atoms with E-state index in [2.05, 4.69) is 0 Å². The molecule has 1 rings (SSSR count). The van der Waals surface area contributed by atoms with Crippen molar-refractivity contribution in [2.24, 2.45) is 5.41 Å². The fraction of sp³-hybridized carbons (Fsp3) is 0.500. The molecule has 0 saturated heterocycles. The molecule has 0 radical (unpaired) electrons. The zero-order valence-electron chi connectivity index (χ0n) is 11.3. The molecule has 1 N–H and O–H groups in total. The topological polar surface area (TPSA) is 37.3 Å². The van der Waals surface area contributed by atoms with Gasteiger partial charge < -0.3 is 5.11 Å². The summed E-state index contributed by atoms with van der Waals surface area (Å²) in [6, 6.07) is 9.22. The lowest BCUT2D eigenvalue weighted by molar-refractivity contribution is -0.139. The van der Waals surface area contributed by atoms with Crippen molar-refractivity contribution in [2.45, 2.75) is 36.4 Å². The number of halogens is 4. The number of hydrogen-bond donors (Lipinski definition) is 1. The Balaban J connectivity index is 0.00000361. The lowest BCUT2D eigenvalue weighted by atomic mass is 9.82. The van der Waals surface area contributed by atoms with E-state index in [-0.39, 0.29) is 25.2 Å². The molecule has 20 heavy (non-hydrogen) atoms. The largest absolute Gasteiger partial charge is 0.481 e. The van der Waals surface area contributed by atoms with Gasteiger partial charge >= 0.3 is 5.97 Å². The van der Waals surface area contributed by atoms with Crippen LogP contribution in [0.5, 0.6) is 0 Å². The van der Waals surface area contributed by atoms with Crippen LogP contribution in [0.1, 0.15) is 32.3 Å². The third-order valence-corrected chi connectivity index (χ3v) is 4.58. The number of aliphatic carboxylic acids is 1. The Morgan fingerprint density at radius 2 is 1.75 bits per heavy atom. The highest BCUT2D eigenvalue weighted by molar-refractivity contribution is 6.48.